The van der Waals surface area contributed by atoms with E-state index in [1.807, 2.05) is 53.4 Å². The van der Waals surface area contributed by atoms with Gasteiger partial charge in [0.05, 0.1) is 33.0 Å². The first-order valence-corrected chi connectivity index (χ1v) is 14.8. The molecule has 1 aliphatic heterocycles. The Morgan fingerprint density at radius 1 is 1.11 bits per heavy atom. The maximum atomic E-state index is 15.0. The number of fused-ring (bicyclic) bond motifs is 1. The number of ether oxygens (including phenoxy) is 1. The largest absolute Gasteiger partial charge is 0.444 e. The fourth-order valence-corrected chi connectivity index (χ4v) is 5.72. The topological polar surface area (TPSA) is 93.5 Å². The Morgan fingerprint density at radius 3 is 2.41 bits per heavy atom. The maximum Gasteiger partial charge on any atom is 0.410 e. The lowest BCUT2D eigenvalue weighted by Gasteiger charge is -2.41. The number of aromatic nitrogens is 4. The van der Waals surface area contributed by atoms with E-state index < -0.39 is 34.6 Å². The number of aryl methyl sites for hydroxylation is 1. The molecule has 0 saturated carbocycles. The van der Waals surface area contributed by atoms with Gasteiger partial charge < -0.3 is 14.5 Å². The van der Waals surface area contributed by atoms with Crippen LogP contribution in [0.15, 0.2) is 41.3 Å². The van der Waals surface area contributed by atoms with E-state index in [0.29, 0.717) is 42.2 Å². The van der Waals surface area contributed by atoms with E-state index in [0.717, 1.165) is 17.7 Å². The zero-order valence-corrected chi connectivity index (χ0v) is 26.5. The Morgan fingerprint density at radius 2 is 1.80 bits per heavy atom. The summed E-state index contributed by atoms with van der Waals surface area (Å²) in [5, 5.41) is 0.396. The van der Waals surface area contributed by atoms with Gasteiger partial charge in [0.15, 0.2) is 5.65 Å². The van der Waals surface area contributed by atoms with Crippen molar-refractivity contribution in [2.75, 3.05) is 24.5 Å². The third-order valence-corrected chi connectivity index (χ3v) is 7.77. The normalized spacial score (nSPS) is 15.8. The number of pyridine rings is 2. The van der Waals surface area contributed by atoms with Gasteiger partial charge in [0.25, 0.3) is 0 Å². The molecular formula is C32H35ClF2N6O3. The number of piperazine rings is 1. The van der Waals surface area contributed by atoms with Gasteiger partial charge in [-0.25, -0.2) is 27.9 Å². The standard InChI is InChI=1S/C32H35ClF2N6O3/c1-17(2)25-27(18(3)11-12-36-25)41-29-20(15-21(33)26(37-29)24-22(34)9-8-10-23(24)35)28(38-30(41)42)40-14-13-39(16-19(40)4)31(43)44-32(5,6)7/h8-12,15,17,19H,13-14,16H2,1-7H3/t19-/m0/s1. The van der Waals surface area contributed by atoms with Crippen LogP contribution in [-0.2, 0) is 4.74 Å². The summed E-state index contributed by atoms with van der Waals surface area (Å²) in [6, 6.07) is 6.55. The van der Waals surface area contributed by atoms with Crippen LogP contribution in [0.4, 0.5) is 19.4 Å². The lowest BCUT2D eigenvalue weighted by Crippen LogP contribution is -2.55. The fraction of sp³-hybridized carbons (Fsp3) is 0.406. The van der Waals surface area contributed by atoms with E-state index in [9.17, 15) is 18.4 Å². The molecule has 1 atom stereocenters. The van der Waals surface area contributed by atoms with Crippen LogP contribution >= 0.6 is 11.6 Å². The van der Waals surface area contributed by atoms with E-state index in [1.165, 1.54) is 16.7 Å². The Hall–Kier alpha value is -4.12. The smallest absolute Gasteiger partial charge is 0.410 e. The minimum Gasteiger partial charge on any atom is -0.444 e. The van der Waals surface area contributed by atoms with Gasteiger partial charge in [-0.1, -0.05) is 31.5 Å². The highest BCUT2D eigenvalue weighted by molar-refractivity contribution is 6.33. The summed E-state index contributed by atoms with van der Waals surface area (Å²) in [5.41, 5.74) is 0.183. The van der Waals surface area contributed by atoms with Gasteiger partial charge in [0.2, 0.25) is 0 Å². The van der Waals surface area contributed by atoms with Gasteiger partial charge in [-0.05, 0) is 70.4 Å². The van der Waals surface area contributed by atoms with Crippen LogP contribution in [0.3, 0.4) is 0 Å². The molecule has 0 N–H and O–H groups in total. The number of carbonyl (C=O) groups is 1. The number of hydrogen-bond donors (Lipinski definition) is 0. The first-order chi connectivity index (χ1) is 20.7. The molecular weight excluding hydrogens is 590 g/mol. The van der Waals surface area contributed by atoms with Gasteiger partial charge in [-0.3, -0.25) is 4.98 Å². The SMILES string of the molecule is Cc1ccnc(C(C)C)c1-n1c(=O)nc(N2CCN(C(=O)OC(C)(C)C)C[C@@H]2C)c2cc(Cl)c(-c3c(F)cccc3F)nc21. The number of nitrogens with zero attached hydrogens (tertiary/aromatic N) is 6. The molecule has 1 saturated heterocycles. The summed E-state index contributed by atoms with van der Waals surface area (Å²) in [6.07, 6.45) is 1.24. The van der Waals surface area contributed by atoms with Crippen LogP contribution < -0.4 is 10.6 Å². The predicted molar refractivity (Wildman–Crippen MR) is 167 cm³/mol. The molecule has 0 radical (unpaired) electrons. The Bertz CT molecular complexity index is 1800. The molecule has 1 amide bonds. The van der Waals surface area contributed by atoms with Gasteiger partial charge in [-0.15, -0.1) is 0 Å². The lowest BCUT2D eigenvalue weighted by atomic mass is 10.0. The summed E-state index contributed by atoms with van der Waals surface area (Å²) in [7, 11) is 0. The molecule has 0 spiro atoms. The number of benzene rings is 1. The molecule has 1 fully saturated rings. The van der Waals surface area contributed by atoms with Crippen molar-refractivity contribution in [1.82, 2.24) is 24.4 Å². The minimum atomic E-state index is -0.839. The van der Waals surface area contributed by atoms with Crippen molar-refractivity contribution >= 4 is 34.5 Å². The molecule has 232 valence electrons. The van der Waals surface area contributed by atoms with Crippen LogP contribution in [0.1, 0.15) is 58.7 Å². The molecule has 9 nitrogen and oxygen atoms in total. The number of amides is 1. The van der Waals surface area contributed by atoms with Crippen LogP contribution in [0.5, 0.6) is 0 Å². The average Bonchev–Trinajstić information content (AvgIpc) is 2.92. The van der Waals surface area contributed by atoms with Gasteiger partial charge in [-0.2, -0.15) is 4.98 Å². The van der Waals surface area contributed by atoms with Crippen LogP contribution in [0, 0.1) is 18.6 Å². The first-order valence-electron chi connectivity index (χ1n) is 14.5. The van der Waals surface area contributed by atoms with Crippen molar-refractivity contribution in [3.05, 3.63) is 74.9 Å². The van der Waals surface area contributed by atoms with Gasteiger partial charge in [0, 0.05) is 31.9 Å². The predicted octanol–water partition coefficient (Wildman–Crippen LogP) is 6.65. The third-order valence-electron chi connectivity index (χ3n) is 7.48. The Balaban J connectivity index is 1.74. The molecule has 1 aliphatic rings. The van der Waals surface area contributed by atoms with Crippen molar-refractivity contribution in [1.29, 1.82) is 0 Å². The zero-order valence-electron chi connectivity index (χ0n) is 25.8. The van der Waals surface area contributed by atoms with Gasteiger partial charge >= 0.3 is 11.8 Å². The molecule has 44 heavy (non-hydrogen) atoms. The van der Waals surface area contributed by atoms with Crippen LogP contribution in [-0.4, -0.2) is 61.8 Å². The molecule has 4 aromatic rings. The molecule has 4 heterocycles. The third kappa shape index (κ3) is 5.85. The molecule has 3 aromatic heterocycles. The van der Waals surface area contributed by atoms with Crippen molar-refractivity contribution in [3.8, 4) is 16.9 Å². The van der Waals surface area contributed by atoms with E-state index >= 15 is 0 Å². The van der Waals surface area contributed by atoms with Crippen molar-refractivity contribution in [3.63, 3.8) is 0 Å². The molecule has 0 bridgehead atoms. The van der Waals surface area contributed by atoms with Gasteiger partial charge in [0.1, 0.15) is 23.1 Å². The van der Waals surface area contributed by atoms with Crippen LogP contribution in [0.2, 0.25) is 5.02 Å². The summed E-state index contributed by atoms with van der Waals surface area (Å²) in [4.78, 5) is 44.1. The monoisotopic (exact) mass is 624 g/mol. The second-order valence-corrected chi connectivity index (χ2v) is 12.7. The second-order valence-electron chi connectivity index (χ2n) is 12.3. The average molecular weight is 625 g/mol. The number of hydrogen-bond acceptors (Lipinski definition) is 7. The maximum absolute atomic E-state index is 15.0. The molecule has 12 heteroatoms. The van der Waals surface area contributed by atoms with E-state index in [-0.39, 0.29) is 28.3 Å². The van der Waals surface area contributed by atoms with Crippen molar-refractivity contribution in [2.45, 2.75) is 66.0 Å². The first kappa shape index (κ1) is 31.3. The van der Waals surface area contributed by atoms with Crippen LogP contribution in [0.25, 0.3) is 28.0 Å². The number of anilines is 1. The molecule has 0 aliphatic carbocycles. The van der Waals surface area contributed by atoms with E-state index in [2.05, 4.69) is 15.0 Å². The highest BCUT2D eigenvalue weighted by Gasteiger charge is 2.33. The van der Waals surface area contributed by atoms with Crippen molar-refractivity contribution in [2.24, 2.45) is 0 Å². The minimum absolute atomic E-state index is 0.0122. The highest BCUT2D eigenvalue weighted by atomic mass is 35.5. The van der Waals surface area contributed by atoms with Crippen molar-refractivity contribution < 1.29 is 18.3 Å². The fourth-order valence-electron chi connectivity index (χ4n) is 5.47. The zero-order chi connectivity index (χ0) is 32.1. The van der Waals surface area contributed by atoms with E-state index in [1.54, 1.807) is 17.2 Å². The summed E-state index contributed by atoms with van der Waals surface area (Å²) >= 11 is 6.70. The number of carbonyl (C=O) groups excluding carboxylic acids is 1. The molecule has 0 unspecified atom stereocenters. The Kier molecular flexibility index (Phi) is 8.37. The highest BCUT2D eigenvalue weighted by Crippen LogP contribution is 2.37. The Labute approximate surface area is 259 Å². The summed E-state index contributed by atoms with van der Waals surface area (Å²) < 4.78 is 36.9. The number of halogens is 3. The summed E-state index contributed by atoms with van der Waals surface area (Å²) in [5.74, 6) is -1.44. The lowest BCUT2D eigenvalue weighted by molar-refractivity contribution is 0.0218. The molecule has 5 rings (SSSR count). The molecule has 1 aromatic carbocycles. The summed E-state index contributed by atoms with van der Waals surface area (Å²) in [6.45, 7) is 14.1. The van der Waals surface area contributed by atoms with E-state index in [4.69, 9.17) is 16.3 Å². The number of rotatable bonds is 4. The second kappa shape index (κ2) is 11.8. The quantitative estimate of drug-likeness (QED) is 0.251.